The summed E-state index contributed by atoms with van der Waals surface area (Å²) in [6.07, 6.45) is 0. The molecular formula is C12H19N3O3. The van der Waals surface area contributed by atoms with Gasteiger partial charge in [0.05, 0.1) is 11.5 Å². The van der Waals surface area contributed by atoms with E-state index in [4.69, 9.17) is 5.11 Å². The van der Waals surface area contributed by atoms with Crippen molar-refractivity contribution < 1.29 is 10.0 Å². The zero-order chi connectivity index (χ0) is 13.5. The van der Waals surface area contributed by atoms with E-state index in [-0.39, 0.29) is 17.2 Å². The van der Waals surface area contributed by atoms with E-state index in [1.165, 1.54) is 0 Å². The summed E-state index contributed by atoms with van der Waals surface area (Å²) in [6.45, 7) is 5.37. The summed E-state index contributed by atoms with van der Waals surface area (Å²) in [5.74, 6) is 0. The average molecular weight is 253 g/mol. The highest BCUT2D eigenvalue weighted by Gasteiger charge is 2.22. The van der Waals surface area contributed by atoms with Gasteiger partial charge in [-0.05, 0) is 26.0 Å². The van der Waals surface area contributed by atoms with E-state index in [0.717, 1.165) is 0 Å². The van der Waals surface area contributed by atoms with Gasteiger partial charge in [0.25, 0.3) is 0 Å². The van der Waals surface area contributed by atoms with Crippen LogP contribution in [0.25, 0.3) is 0 Å². The van der Waals surface area contributed by atoms with Crippen LogP contribution in [0.1, 0.15) is 13.8 Å². The fraction of sp³-hybridized carbons (Fsp3) is 0.500. The molecule has 2 N–H and O–H groups in total. The Morgan fingerprint density at radius 1 is 1.44 bits per heavy atom. The molecule has 1 aromatic carbocycles. The van der Waals surface area contributed by atoms with Crippen LogP contribution in [0.15, 0.2) is 18.2 Å². The topological polar surface area (TPSA) is 78.6 Å². The molecule has 0 unspecified atom stereocenters. The summed E-state index contributed by atoms with van der Waals surface area (Å²) in [7, 11) is 0. The minimum Gasteiger partial charge on any atom is -0.395 e. The van der Waals surface area contributed by atoms with Crippen molar-refractivity contribution in [2.75, 3.05) is 36.5 Å². The molecule has 0 spiro atoms. The summed E-state index contributed by atoms with van der Waals surface area (Å²) in [5.41, 5.74) is 1.11. The summed E-state index contributed by atoms with van der Waals surface area (Å²) in [4.78, 5) is 12.6. The molecule has 18 heavy (non-hydrogen) atoms. The lowest BCUT2D eigenvalue weighted by molar-refractivity contribution is -0.383. The number of aliphatic hydroxyl groups excluding tert-OH is 1. The fourth-order valence-corrected chi connectivity index (χ4v) is 1.88. The van der Waals surface area contributed by atoms with Gasteiger partial charge in [0, 0.05) is 19.6 Å². The molecule has 0 aliphatic carbocycles. The Labute approximate surface area is 106 Å². The third-order valence-electron chi connectivity index (χ3n) is 2.66. The molecule has 0 aliphatic heterocycles. The van der Waals surface area contributed by atoms with Crippen molar-refractivity contribution in [2.45, 2.75) is 13.8 Å². The van der Waals surface area contributed by atoms with Crippen LogP contribution in [0, 0.1) is 10.1 Å². The van der Waals surface area contributed by atoms with E-state index in [1.807, 2.05) is 13.8 Å². The van der Waals surface area contributed by atoms with Crippen molar-refractivity contribution in [2.24, 2.45) is 0 Å². The largest absolute Gasteiger partial charge is 0.395 e. The Morgan fingerprint density at radius 2 is 2.17 bits per heavy atom. The first-order chi connectivity index (χ1) is 8.65. The number of rotatable bonds is 7. The first-order valence-electron chi connectivity index (χ1n) is 6.02. The minimum atomic E-state index is -0.382. The smallest absolute Gasteiger partial charge is 0.315 e. The zero-order valence-electron chi connectivity index (χ0n) is 10.7. The van der Waals surface area contributed by atoms with Gasteiger partial charge in [-0.15, -0.1) is 0 Å². The van der Waals surface area contributed by atoms with Crippen molar-refractivity contribution in [3.63, 3.8) is 0 Å². The Morgan fingerprint density at radius 3 is 2.67 bits per heavy atom. The van der Waals surface area contributed by atoms with Crippen LogP contribution in [0.3, 0.4) is 0 Å². The van der Waals surface area contributed by atoms with Gasteiger partial charge >= 0.3 is 5.69 Å². The number of nitro benzene ring substituents is 1. The van der Waals surface area contributed by atoms with Crippen molar-refractivity contribution in [1.82, 2.24) is 0 Å². The van der Waals surface area contributed by atoms with Crippen molar-refractivity contribution in [3.05, 3.63) is 28.3 Å². The number of nitro groups is 1. The summed E-state index contributed by atoms with van der Waals surface area (Å²) in [5, 5.41) is 23.2. The minimum absolute atomic E-state index is 0.0313. The maximum atomic E-state index is 11.2. The van der Waals surface area contributed by atoms with Crippen LogP contribution in [-0.2, 0) is 0 Å². The summed E-state index contributed by atoms with van der Waals surface area (Å²) in [6, 6.07) is 5.18. The number of hydrogen-bond acceptors (Lipinski definition) is 5. The molecule has 1 rings (SSSR count). The molecule has 0 aromatic heterocycles. The van der Waals surface area contributed by atoms with Gasteiger partial charge in [-0.2, -0.15) is 0 Å². The van der Waals surface area contributed by atoms with Crippen LogP contribution in [0.2, 0.25) is 0 Å². The molecule has 1 aromatic rings. The van der Waals surface area contributed by atoms with Crippen LogP contribution in [0.4, 0.5) is 17.1 Å². The Balaban J connectivity index is 3.24. The maximum absolute atomic E-state index is 11.2. The number of benzene rings is 1. The standard InChI is InChI=1S/C12H19N3O3/c1-3-13-10-6-5-7-11(12(10)15(17)18)14(4-2)8-9-16/h5-7,13,16H,3-4,8-9H2,1-2H3. The SMILES string of the molecule is CCNc1cccc(N(CC)CCO)c1[N+](=O)[O-]. The van der Waals surface area contributed by atoms with E-state index >= 15 is 0 Å². The molecule has 0 aliphatic rings. The zero-order valence-corrected chi connectivity index (χ0v) is 10.7. The molecule has 0 radical (unpaired) electrons. The molecule has 6 heteroatoms. The predicted molar refractivity (Wildman–Crippen MR) is 72.2 cm³/mol. The molecule has 100 valence electrons. The van der Waals surface area contributed by atoms with Crippen molar-refractivity contribution in [3.8, 4) is 0 Å². The number of nitrogens with zero attached hydrogens (tertiary/aromatic N) is 2. The Kier molecular flexibility index (Phi) is 5.38. The van der Waals surface area contributed by atoms with Gasteiger partial charge in [0.15, 0.2) is 0 Å². The first kappa shape index (κ1) is 14.2. The van der Waals surface area contributed by atoms with Crippen LogP contribution in [0.5, 0.6) is 0 Å². The molecule has 0 heterocycles. The Bertz CT molecular complexity index is 410. The second-order valence-electron chi connectivity index (χ2n) is 3.76. The van der Waals surface area contributed by atoms with Gasteiger partial charge in [-0.1, -0.05) is 6.07 Å². The van der Waals surface area contributed by atoms with Gasteiger partial charge in [-0.25, -0.2) is 0 Å². The van der Waals surface area contributed by atoms with Gasteiger partial charge in [-0.3, -0.25) is 10.1 Å². The predicted octanol–water partition coefficient (Wildman–Crippen LogP) is 1.85. The van der Waals surface area contributed by atoms with Crippen LogP contribution < -0.4 is 10.2 Å². The molecule has 0 fully saturated rings. The Hall–Kier alpha value is -1.82. The summed E-state index contributed by atoms with van der Waals surface area (Å²) < 4.78 is 0. The molecule has 0 bridgehead atoms. The highest BCUT2D eigenvalue weighted by Crippen LogP contribution is 2.35. The lowest BCUT2D eigenvalue weighted by atomic mass is 10.2. The van der Waals surface area contributed by atoms with E-state index < -0.39 is 0 Å². The second kappa shape index (κ2) is 6.80. The lowest BCUT2D eigenvalue weighted by Crippen LogP contribution is -2.27. The molecule has 0 saturated carbocycles. The average Bonchev–Trinajstić information content (AvgIpc) is 2.35. The number of likely N-dealkylation sites (N-methyl/N-ethyl adjacent to an activating group) is 1. The maximum Gasteiger partial charge on any atom is 0.315 e. The number of nitrogens with one attached hydrogen (secondary N) is 1. The monoisotopic (exact) mass is 253 g/mol. The summed E-state index contributed by atoms with van der Waals surface area (Å²) >= 11 is 0. The molecular weight excluding hydrogens is 234 g/mol. The highest BCUT2D eigenvalue weighted by atomic mass is 16.6. The molecule has 0 amide bonds. The number of hydrogen-bond donors (Lipinski definition) is 2. The number of anilines is 2. The van der Waals surface area contributed by atoms with Gasteiger partial charge < -0.3 is 15.3 Å². The third kappa shape index (κ3) is 3.10. The molecule has 0 saturated heterocycles. The van der Waals surface area contributed by atoms with Crippen LogP contribution >= 0.6 is 0 Å². The molecule has 0 atom stereocenters. The second-order valence-corrected chi connectivity index (χ2v) is 3.76. The normalized spacial score (nSPS) is 10.2. The van der Waals surface area contributed by atoms with Gasteiger partial charge in [0.1, 0.15) is 11.4 Å². The number of para-hydroxylation sites is 1. The highest BCUT2D eigenvalue weighted by molar-refractivity contribution is 5.77. The van der Waals surface area contributed by atoms with E-state index in [0.29, 0.717) is 31.0 Å². The van der Waals surface area contributed by atoms with Crippen molar-refractivity contribution in [1.29, 1.82) is 0 Å². The molecule has 6 nitrogen and oxygen atoms in total. The van der Waals surface area contributed by atoms with E-state index in [2.05, 4.69) is 5.32 Å². The quantitative estimate of drug-likeness (QED) is 0.572. The van der Waals surface area contributed by atoms with E-state index in [1.54, 1.807) is 23.1 Å². The number of aliphatic hydroxyl groups is 1. The fourth-order valence-electron chi connectivity index (χ4n) is 1.88. The van der Waals surface area contributed by atoms with E-state index in [9.17, 15) is 10.1 Å². The van der Waals surface area contributed by atoms with Crippen molar-refractivity contribution >= 4 is 17.1 Å². The first-order valence-corrected chi connectivity index (χ1v) is 6.02. The third-order valence-corrected chi connectivity index (χ3v) is 2.66. The van der Waals surface area contributed by atoms with Gasteiger partial charge in [0.2, 0.25) is 0 Å². The lowest BCUT2D eigenvalue weighted by Gasteiger charge is -2.22. The van der Waals surface area contributed by atoms with Crippen LogP contribution in [-0.4, -0.2) is 36.3 Å².